The fraction of sp³-hybridized carbons (Fsp3) is 1.00. The molecule has 0 fully saturated rings. The van der Waals surface area contributed by atoms with Crippen LogP contribution in [-0.2, 0) is 8.23 Å². The summed E-state index contributed by atoms with van der Waals surface area (Å²) in [5, 5.41) is 0.564. The van der Waals surface area contributed by atoms with E-state index in [9.17, 15) is 0 Å². The maximum Gasteiger partial charge on any atom is 0.310 e. The van der Waals surface area contributed by atoms with Crippen LogP contribution in [0.5, 0.6) is 0 Å². The lowest BCUT2D eigenvalue weighted by molar-refractivity contribution is 0.372. The lowest BCUT2D eigenvalue weighted by Gasteiger charge is -2.43. The average Bonchev–Trinajstić information content (AvgIpc) is 1.93. The Bertz CT molecular complexity index is 225. The Kier molecular flexibility index (Phi) is 5.88. The zero-order valence-electron chi connectivity index (χ0n) is 13.5. The lowest BCUT2D eigenvalue weighted by atomic mass is 10.2. The molecule has 0 saturated heterocycles. The first kappa shape index (κ1) is 17.6. The van der Waals surface area contributed by atoms with Crippen LogP contribution < -0.4 is 0 Å². The van der Waals surface area contributed by atoms with Gasteiger partial charge in [-0.1, -0.05) is 41.5 Å². The average molecular weight is 293 g/mol. The molecule has 0 rings (SSSR count). The van der Waals surface area contributed by atoms with Crippen molar-refractivity contribution in [2.75, 3.05) is 0 Å². The second-order valence-corrected chi connectivity index (χ2v) is 18.8. The minimum Gasteiger partial charge on any atom is -0.440 e. The first-order valence-electron chi connectivity index (χ1n) is 6.61. The van der Waals surface area contributed by atoms with Crippen LogP contribution >= 0.6 is 0 Å². The molecule has 0 aromatic rings. The van der Waals surface area contributed by atoms with Crippen LogP contribution in [0.15, 0.2) is 0 Å². The summed E-state index contributed by atoms with van der Waals surface area (Å²) in [6.07, 6.45) is 0. The minimum atomic E-state index is -1.93. The molecule has 0 heterocycles. The molecule has 0 aliphatic carbocycles. The summed E-state index contributed by atoms with van der Waals surface area (Å²) in [5.41, 5.74) is 0. The maximum atomic E-state index is 6.57. The van der Waals surface area contributed by atoms with Crippen LogP contribution in [0.1, 0.15) is 41.5 Å². The van der Waals surface area contributed by atoms with Gasteiger partial charge in [0.05, 0.1) is 0 Å². The summed E-state index contributed by atoms with van der Waals surface area (Å²) in [7, 11) is -4.26. The number of hydrogen-bond donors (Lipinski definition) is 0. The van der Waals surface area contributed by atoms with Crippen LogP contribution in [0.4, 0.5) is 0 Å². The topological polar surface area (TPSA) is 18.5 Å². The van der Waals surface area contributed by atoms with Gasteiger partial charge >= 0.3 is 8.56 Å². The van der Waals surface area contributed by atoms with Crippen molar-refractivity contribution in [3.05, 3.63) is 0 Å². The van der Waals surface area contributed by atoms with Gasteiger partial charge in [0.15, 0.2) is 18.1 Å². The van der Waals surface area contributed by atoms with Gasteiger partial charge in [-0.25, -0.2) is 0 Å². The molecule has 0 radical (unpaired) electrons. The molecule has 2 nitrogen and oxygen atoms in total. The molecule has 0 atom stereocenters. The van der Waals surface area contributed by atoms with E-state index >= 15 is 0 Å². The van der Waals surface area contributed by atoms with Crippen molar-refractivity contribution < 1.29 is 8.23 Å². The summed E-state index contributed by atoms with van der Waals surface area (Å²) in [6, 6.07) is 0. The van der Waals surface area contributed by atoms with Gasteiger partial charge in [0.2, 0.25) is 0 Å². The summed E-state index contributed by atoms with van der Waals surface area (Å²) in [6.45, 7) is 22.7. The molecule has 0 spiro atoms. The van der Waals surface area contributed by atoms with E-state index in [2.05, 4.69) is 67.7 Å². The van der Waals surface area contributed by atoms with Gasteiger partial charge in [-0.2, -0.15) is 0 Å². The molecule has 0 aromatic carbocycles. The summed E-state index contributed by atoms with van der Waals surface area (Å²) in [4.78, 5) is 0. The van der Waals surface area contributed by atoms with Gasteiger partial charge in [-0.3, -0.25) is 0 Å². The smallest absolute Gasteiger partial charge is 0.310 e. The van der Waals surface area contributed by atoms with E-state index in [1.54, 1.807) is 0 Å². The summed E-state index contributed by atoms with van der Waals surface area (Å²) in [5.74, 6) is 0. The van der Waals surface area contributed by atoms with E-state index in [0.717, 1.165) is 0 Å². The van der Waals surface area contributed by atoms with Gasteiger partial charge < -0.3 is 8.23 Å². The summed E-state index contributed by atoms with van der Waals surface area (Å²) >= 11 is 0. The molecule has 17 heavy (non-hydrogen) atoms. The molecule has 0 aromatic heterocycles. The molecule has 0 N–H and O–H groups in total. The van der Waals surface area contributed by atoms with Crippen molar-refractivity contribution in [1.29, 1.82) is 0 Å². The van der Waals surface area contributed by atoms with E-state index in [1.807, 2.05) is 0 Å². The van der Waals surface area contributed by atoms with E-state index in [-0.39, 0.29) is 10.1 Å². The fourth-order valence-corrected chi connectivity index (χ4v) is 15.5. The Morgan fingerprint density at radius 2 is 1.12 bits per heavy atom. The predicted octanol–water partition coefficient (Wildman–Crippen LogP) is 4.03. The largest absolute Gasteiger partial charge is 0.440 e. The van der Waals surface area contributed by atoms with E-state index in [1.165, 1.54) is 0 Å². The molecule has 0 amide bonds. The Labute approximate surface area is 113 Å². The van der Waals surface area contributed by atoms with Crippen molar-refractivity contribution in [3.8, 4) is 0 Å². The molecule has 5 heteroatoms. The molecular formula is C12H32O2Si3. The quantitative estimate of drug-likeness (QED) is 0.728. The molecule has 0 bridgehead atoms. The standard InChI is InChI=1S/C12H32O2Si3/c1-11(2,3)16(12(4,5)6)14-17(9,10)13-15(7)8/h15-16H,1-10H3. The van der Waals surface area contributed by atoms with Crippen LogP contribution in [0.25, 0.3) is 0 Å². The van der Waals surface area contributed by atoms with Crippen LogP contribution in [0.2, 0.25) is 36.3 Å². The highest BCUT2D eigenvalue weighted by Gasteiger charge is 2.43. The predicted molar refractivity (Wildman–Crippen MR) is 85.1 cm³/mol. The third-order valence-corrected chi connectivity index (χ3v) is 13.0. The molecule has 0 saturated carbocycles. The third-order valence-electron chi connectivity index (χ3n) is 2.49. The Morgan fingerprint density at radius 1 is 0.765 bits per heavy atom. The highest BCUT2D eigenvalue weighted by Crippen LogP contribution is 2.43. The van der Waals surface area contributed by atoms with E-state index in [4.69, 9.17) is 8.23 Å². The normalized spacial score (nSPS) is 14.8. The van der Waals surface area contributed by atoms with Gasteiger partial charge in [-0.05, 0) is 36.3 Å². The Balaban J connectivity index is 4.89. The van der Waals surface area contributed by atoms with Crippen molar-refractivity contribution >= 4 is 26.6 Å². The van der Waals surface area contributed by atoms with Crippen molar-refractivity contribution in [3.63, 3.8) is 0 Å². The molecule has 104 valence electrons. The Hall–Kier alpha value is 0.571. The second kappa shape index (κ2) is 5.69. The zero-order valence-corrected chi connectivity index (χ0v) is 16.8. The number of hydrogen-bond acceptors (Lipinski definition) is 2. The monoisotopic (exact) mass is 292 g/mol. The van der Waals surface area contributed by atoms with Crippen LogP contribution in [-0.4, -0.2) is 26.6 Å². The zero-order chi connectivity index (χ0) is 14.1. The van der Waals surface area contributed by atoms with Gasteiger partial charge in [0.1, 0.15) is 0 Å². The SMILES string of the molecule is C[SiH](C)O[Si](C)(C)O[SiH](C(C)(C)C)C(C)(C)C. The molecule has 0 unspecified atom stereocenters. The lowest BCUT2D eigenvalue weighted by Crippen LogP contribution is -2.50. The third kappa shape index (κ3) is 6.91. The summed E-state index contributed by atoms with van der Waals surface area (Å²) < 4.78 is 12.7. The van der Waals surface area contributed by atoms with E-state index in [0.29, 0.717) is 0 Å². The Morgan fingerprint density at radius 3 is 1.35 bits per heavy atom. The molecular weight excluding hydrogens is 260 g/mol. The first-order valence-corrected chi connectivity index (χ1v) is 13.8. The van der Waals surface area contributed by atoms with Crippen molar-refractivity contribution in [2.24, 2.45) is 0 Å². The van der Waals surface area contributed by atoms with Gasteiger partial charge in [-0.15, -0.1) is 0 Å². The maximum absolute atomic E-state index is 6.57. The van der Waals surface area contributed by atoms with Crippen molar-refractivity contribution in [2.45, 2.75) is 77.8 Å². The van der Waals surface area contributed by atoms with Crippen molar-refractivity contribution in [1.82, 2.24) is 0 Å². The van der Waals surface area contributed by atoms with Gasteiger partial charge in [0.25, 0.3) is 0 Å². The van der Waals surface area contributed by atoms with E-state index < -0.39 is 26.6 Å². The van der Waals surface area contributed by atoms with Gasteiger partial charge in [0, 0.05) is 0 Å². The first-order chi connectivity index (χ1) is 7.26. The van der Waals surface area contributed by atoms with Crippen LogP contribution in [0, 0.1) is 0 Å². The molecule has 0 aliphatic heterocycles. The van der Waals surface area contributed by atoms with Crippen LogP contribution in [0.3, 0.4) is 0 Å². The highest BCUT2D eigenvalue weighted by molar-refractivity contribution is 6.79. The minimum absolute atomic E-state index is 0.282. The highest BCUT2D eigenvalue weighted by atomic mass is 28.5. The fourth-order valence-electron chi connectivity index (χ4n) is 2.53. The number of rotatable bonds is 4. The molecule has 0 aliphatic rings. The second-order valence-electron chi connectivity index (χ2n) is 7.80.